The number of hydrogen-bond donors (Lipinski definition) is 3. The number of hydrogen-bond acceptors (Lipinski definition) is 2. The van der Waals surface area contributed by atoms with E-state index in [-0.39, 0.29) is 16.4 Å². The molecule has 0 heterocycles. The highest BCUT2D eigenvalue weighted by molar-refractivity contribution is 7.80. The van der Waals surface area contributed by atoms with Gasteiger partial charge in [0, 0.05) is 5.69 Å². The molecule has 2 aromatic rings. The van der Waals surface area contributed by atoms with Gasteiger partial charge in [-0.05, 0) is 42.5 Å². The molecule has 0 aromatic heterocycles. The lowest BCUT2D eigenvalue weighted by molar-refractivity contribution is -0.137. The third-order valence-electron chi connectivity index (χ3n) is 2.88. The van der Waals surface area contributed by atoms with E-state index in [2.05, 4.69) is 10.6 Å². The number of carbonyl (C=O) groups excluding carboxylic acids is 1. The van der Waals surface area contributed by atoms with Crippen LogP contribution in [0.1, 0.15) is 15.9 Å². The Morgan fingerprint density at radius 1 is 1.04 bits per heavy atom. The molecule has 0 atom stereocenters. The van der Waals surface area contributed by atoms with Crippen molar-refractivity contribution in [3.63, 3.8) is 0 Å². The monoisotopic (exact) mass is 339 g/mol. The third-order valence-corrected chi connectivity index (χ3v) is 2.98. The molecule has 0 bridgehead atoms. The molecule has 4 N–H and O–H groups in total. The smallest absolute Gasteiger partial charge is 0.376 e. The number of rotatable bonds is 3. The summed E-state index contributed by atoms with van der Waals surface area (Å²) in [5, 5.41) is 5.04. The fourth-order valence-corrected chi connectivity index (χ4v) is 2.00. The second-order valence-electron chi connectivity index (χ2n) is 4.57. The normalized spacial score (nSPS) is 10.9. The van der Waals surface area contributed by atoms with Crippen LogP contribution in [0, 0.1) is 0 Å². The zero-order valence-electron chi connectivity index (χ0n) is 11.6. The Hall–Kier alpha value is -2.61. The van der Waals surface area contributed by atoms with E-state index in [1.807, 2.05) is 0 Å². The van der Waals surface area contributed by atoms with Crippen LogP contribution < -0.4 is 16.4 Å². The van der Waals surface area contributed by atoms with Crippen molar-refractivity contribution >= 4 is 34.6 Å². The molecule has 2 rings (SSSR count). The maximum absolute atomic E-state index is 12.7. The Bertz CT molecular complexity index is 747. The number of anilines is 2. The number of benzene rings is 2. The van der Waals surface area contributed by atoms with Gasteiger partial charge in [0.05, 0.1) is 16.8 Å². The molecule has 0 aliphatic carbocycles. The SMILES string of the molecule is NC(=S)Nc1ccccc1C(=O)Nc1cccc(C(F)(F)F)c1. The Balaban J connectivity index is 2.25. The lowest BCUT2D eigenvalue weighted by Crippen LogP contribution is -2.22. The average molecular weight is 339 g/mol. The largest absolute Gasteiger partial charge is 0.416 e. The number of para-hydroxylation sites is 1. The molecule has 0 saturated heterocycles. The van der Waals surface area contributed by atoms with Crippen LogP contribution in [0.2, 0.25) is 0 Å². The number of carbonyl (C=O) groups is 1. The summed E-state index contributed by atoms with van der Waals surface area (Å²) in [6.07, 6.45) is -4.48. The van der Waals surface area contributed by atoms with Crippen LogP contribution in [0.5, 0.6) is 0 Å². The number of amides is 1. The van der Waals surface area contributed by atoms with E-state index < -0.39 is 17.6 Å². The molecule has 8 heteroatoms. The van der Waals surface area contributed by atoms with Crippen molar-refractivity contribution in [1.82, 2.24) is 0 Å². The van der Waals surface area contributed by atoms with Crippen molar-refractivity contribution in [2.24, 2.45) is 5.73 Å². The van der Waals surface area contributed by atoms with Crippen LogP contribution in [0.4, 0.5) is 24.5 Å². The molecule has 4 nitrogen and oxygen atoms in total. The fourth-order valence-electron chi connectivity index (χ4n) is 1.89. The van der Waals surface area contributed by atoms with Crippen LogP contribution in [-0.2, 0) is 6.18 Å². The first-order chi connectivity index (χ1) is 10.8. The summed E-state index contributed by atoms with van der Waals surface area (Å²) in [6, 6.07) is 10.8. The molecule has 23 heavy (non-hydrogen) atoms. The minimum absolute atomic E-state index is 0.0238. The molecule has 0 aliphatic heterocycles. The predicted molar refractivity (Wildman–Crippen MR) is 86.2 cm³/mol. The van der Waals surface area contributed by atoms with Gasteiger partial charge in [0.2, 0.25) is 0 Å². The van der Waals surface area contributed by atoms with E-state index in [9.17, 15) is 18.0 Å². The number of nitrogens with two attached hydrogens (primary N) is 1. The van der Waals surface area contributed by atoms with Gasteiger partial charge in [0.15, 0.2) is 5.11 Å². The highest BCUT2D eigenvalue weighted by atomic mass is 32.1. The number of alkyl halides is 3. The second kappa shape index (κ2) is 6.66. The van der Waals surface area contributed by atoms with Crippen molar-refractivity contribution in [2.45, 2.75) is 6.18 Å². The van der Waals surface area contributed by atoms with Gasteiger partial charge in [-0.15, -0.1) is 0 Å². The molecule has 120 valence electrons. The minimum atomic E-state index is -4.48. The minimum Gasteiger partial charge on any atom is -0.376 e. The third kappa shape index (κ3) is 4.43. The molecule has 0 spiro atoms. The molecular weight excluding hydrogens is 327 g/mol. The van der Waals surface area contributed by atoms with E-state index in [0.717, 1.165) is 12.1 Å². The molecule has 1 amide bonds. The molecule has 2 aromatic carbocycles. The van der Waals surface area contributed by atoms with Gasteiger partial charge in [-0.1, -0.05) is 18.2 Å². The van der Waals surface area contributed by atoms with Crippen molar-refractivity contribution in [1.29, 1.82) is 0 Å². The molecule has 0 saturated carbocycles. The first-order valence-corrected chi connectivity index (χ1v) is 6.82. The molecule has 0 fully saturated rings. The fraction of sp³-hybridized carbons (Fsp3) is 0.0667. The van der Waals surface area contributed by atoms with Gasteiger partial charge >= 0.3 is 6.18 Å². The van der Waals surface area contributed by atoms with E-state index >= 15 is 0 Å². The first-order valence-electron chi connectivity index (χ1n) is 6.41. The summed E-state index contributed by atoms with van der Waals surface area (Å²) < 4.78 is 38.1. The Labute approximate surface area is 135 Å². The van der Waals surface area contributed by atoms with E-state index in [4.69, 9.17) is 18.0 Å². The van der Waals surface area contributed by atoms with Gasteiger partial charge in [-0.2, -0.15) is 13.2 Å². The van der Waals surface area contributed by atoms with E-state index in [1.54, 1.807) is 18.2 Å². The average Bonchev–Trinajstić information content (AvgIpc) is 2.46. The van der Waals surface area contributed by atoms with Crippen LogP contribution in [0.25, 0.3) is 0 Å². The van der Waals surface area contributed by atoms with Crippen LogP contribution >= 0.6 is 12.2 Å². The molecular formula is C15H12F3N3OS. The Morgan fingerprint density at radius 3 is 2.39 bits per heavy atom. The van der Waals surface area contributed by atoms with Crippen LogP contribution in [-0.4, -0.2) is 11.0 Å². The number of thiocarbonyl (C=S) groups is 1. The summed E-state index contributed by atoms with van der Waals surface area (Å²) in [7, 11) is 0. The summed E-state index contributed by atoms with van der Waals surface area (Å²) in [6.45, 7) is 0. The lowest BCUT2D eigenvalue weighted by atomic mass is 10.1. The van der Waals surface area contributed by atoms with Crippen LogP contribution in [0.15, 0.2) is 48.5 Å². The molecule has 0 aliphatic rings. The maximum atomic E-state index is 12.7. The quantitative estimate of drug-likeness (QED) is 0.747. The Kier molecular flexibility index (Phi) is 4.85. The second-order valence-corrected chi connectivity index (χ2v) is 5.01. The topological polar surface area (TPSA) is 67.1 Å². The lowest BCUT2D eigenvalue weighted by Gasteiger charge is -2.12. The first kappa shape index (κ1) is 16.8. The van der Waals surface area contributed by atoms with Gasteiger partial charge in [-0.25, -0.2) is 0 Å². The maximum Gasteiger partial charge on any atom is 0.416 e. The van der Waals surface area contributed by atoms with Gasteiger partial charge in [0.25, 0.3) is 5.91 Å². The summed E-state index contributed by atoms with van der Waals surface area (Å²) >= 11 is 4.72. The van der Waals surface area contributed by atoms with Crippen molar-refractivity contribution in [2.75, 3.05) is 10.6 Å². The summed E-state index contributed by atoms with van der Waals surface area (Å²) in [5.74, 6) is -0.580. The molecule has 0 unspecified atom stereocenters. The van der Waals surface area contributed by atoms with Gasteiger partial charge in [-0.3, -0.25) is 4.79 Å². The highest BCUT2D eigenvalue weighted by Crippen LogP contribution is 2.30. The Morgan fingerprint density at radius 2 is 1.74 bits per heavy atom. The molecule has 0 radical (unpaired) electrons. The van der Waals surface area contributed by atoms with Crippen LogP contribution in [0.3, 0.4) is 0 Å². The van der Waals surface area contributed by atoms with Crippen molar-refractivity contribution in [3.8, 4) is 0 Å². The van der Waals surface area contributed by atoms with Crippen molar-refractivity contribution in [3.05, 3.63) is 59.7 Å². The highest BCUT2D eigenvalue weighted by Gasteiger charge is 2.30. The number of nitrogens with one attached hydrogen (secondary N) is 2. The predicted octanol–water partition coefficient (Wildman–Crippen LogP) is 3.61. The standard InChI is InChI=1S/C15H12F3N3OS/c16-15(17,18)9-4-3-5-10(8-9)20-13(22)11-6-1-2-7-12(11)21-14(19)23/h1-8H,(H,20,22)(H3,19,21,23). The number of halogens is 3. The van der Waals surface area contributed by atoms with E-state index in [1.165, 1.54) is 18.2 Å². The zero-order chi connectivity index (χ0) is 17.0. The van der Waals surface area contributed by atoms with Gasteiger partial charge < -0.3 is 16.4 Å². The van der Waals surface area contributed by atoms with E-state index in [0.29, 0.717) is 5.69 Å². The van der Waals surface area contributed by atoms with Gasteiger partial charge in [0.1, 0.15) is 0 Å². The zero-order valence-corrected chi connectivity index (χ0v) is 12.5. The van der Waals surface area contributed by atoms with Crippen molar-refractivity contribution < 1.29 is 18.0 Å². The summed E-state index contributed by atoms with van der Waals surface area (Å²) in [4.78, 5) is 12.3. The summed E-state index contributed by atoms with van der Waals surface area (Å²) in [5.41, 5.74) is 5.14.